The van der Waals surface area contributed by atoms with Gasteiger partial charge in [0.2, 0.25) is 0 Å². The van der Waals surface area contributed by atoms with Crippen LogP contribution in [0.5, 0.6) is 0 Å². The molecule has 0 unspecified atom stereocenters. The van der Waals surface area contributed by atoms with Gasteiger partial charge in [-0.25, -0.2) is 0 Å². The molecule has 1 nitrogen and oxygen atoms in total. The molecule has 13 heavy (non-hydrogen) atoms. The molecule has 0 bridgehead atoms. The van der Waals surface area contributed by atoms with Crippen LogP contribution in [0.1, 0.15) is 0 Å². The first-order valence-corrected chi connectivity index (χ1v) is 3.91. The fourth-order valence-corrected chi connectivity index (χ4v) is 0.840. The molecule has 10 radical (unpaired) electrons. The minimum Gasteiger partial charge on any atom is -0.396 e. The molecule has 1 N–H and O–H groups in total. The largest absolute Gasteiger partial charge is 2.00 e. The van der Waals surface area contributed by atoms with E-state index in [4.69, 9.17) is 5.11 Å². The Morgan fingerprint density at radius 3 is 1.38 bits per heavy atom. The summed E-state index contributed by atoms with van der Waals surface area (Å²) < 4.78 is 0. The van der Waals surface area contributed by atoms with Crippen molar-refractivity contribution in [2.45, 2.75) is 0 Å². The van der Waals surface area contributed by atoms with Crippen molar-refractivity contribution in [3.63, 3.8) is 0 Å². The number of hydrogen-bond donors (Lipinski definition) is 1. The van der Waals surface area contributed by atoms with Crippen LogP contribution in [0.2, 0.25) is 0 Å². The predicted molar refractivity (Wildman–Crippen MR) is 49.0 cm³/mol. The molecule has 0 heterocycles. The quantitative estimate of drug-likeness (QED) is 0.657. The number of hydrogen-bond acceptors (Lipinski definition) is 1. The van der Waals surface area contributed by atoms with Gasteiger partial charge in [-0.2, -0.15) is 0 Å². The Bertz CT molecular complexity index is 88.7. The fourth-order valence-electron chi connectivity index (χ4n) is 0.840. The van der Waals surface area contributed by atoms with Crippen LogP contribution in [-0.4, -0.2) is 11.7 Å². The van der Waals surface area contributed by atoms with Gasteiger partial charge in [-0.05, 0) is 57.8 Å². The Balaban J connectivity index is 0.000000215. The second kappa shape index (κ2) is 9.05. The van der Waals surface area contributed by atoms with Gasteiger partial charge in [0.05, 0.1) is 0 Å². The first-order valence-electron chi connectivity index (χ1n) is 3.91. The van der Waals surface area contributed by atoms with E-state index in [-0.39, 0.29) is 23.7 Å². The van der Waals surface area contributed by atoms with E-state index >= 15 is 0 Å². The molecule has 2 aliphatic rings. The average molecular weight is 216 g/mol. The van der Waals surface area contributed by atoms with Crippen molar-refractivity contribution in [2.75, 3.05) is 6.61 Å². The molecule has 0 aliphatic heterocycles. The molecule has 2 fully saturated rings. The molecule has 0 aromatic carbocycles. The zero-order chi connectivity index (χ0) is 8.65. The predicted octanol–water partition coefficient (Wildman–Crippen LogP) is 1.40. The van der Waals surface area contributed by atoms with Gasteiger partial charge in [0.1, 0.15) is 0 Å². The summed E-state index contributed by atoms with van der Waals surface area (Å²) in [5, 5.41) is 8.43. The van der Waals surface area contributed by atoms with Gasteiger partial charge >= 0.3 is 17.1 Å². The van der Waals surface area contributed by atoms with E-state index in [1.807, 2.05) is 57.8 Å². The maximum atomic E-state index is 8.43. The van der Waals surface area contributed by atoms with Crippen LogP contribution in [0.25, 0.3) is 0 Å². The van der Waals surface area contributed by atoms with E-state index in [9.17, 15) is 0 Å². The topological polar surface area (TPSA) is 20.2 Å². The van der Waals surface area contributed by atoms with Crippen LogP contribution in [0, 0.1) is 63.7 Å². The van der Waals surface area contributed by atoms with Crippen molar-refractivity contribution < 1.29 is 22.2 Å². The Labute approximate surface area is 92.8 Å². The smallest absolute Gasteiger partial charge is 0.396 e. The number of aliphatic hydroxyl groups excluding tert-OH is 1. The molecule has 2 saturated carbocycles. The fraction of sp³-hybridized carbons (Fsp3) is 0.0909. The first kappa shape index (κ1) is 13.5. The molecule has 2 aliphatic carbocycles. The molecule has 2 heteroatoms. The summed E-state index contributed by atoms with van der Waals surface area (Å²) in [6, 6.07) is 0. The molecule has 0 saturated heterocycles. The summed E-state index contributed by atoms with van der Waals surface area (Å²) in [6.07, 6.45) is 17.6. The third-order valence-corrected chi connectivity index (χ3v) is 1.47. The van der Waals surface area contributed by atoms with E-state index < -0.39 is 0 Å². The summed E-state index contributed by atoms with van der Waals surface area (Å²) >= 11 is 0. The summed E-state index contributed by atoms with van der Waals surface area (Å²) in [7, 11) is 0. The third-order valence-electron chi connectivity index (χ3n) is 1.47. The van der Waals surface area contributed by atoms with E-state index in [1.54, 1.807) is 0 Å². The SMILES string of the molecule is OC[C]1[CH][CH][CH][CH]1.[CH]1[CH][CH][CH][CH]1.[Fe+2]. The molecule has 2 rings (SSSR count). The molecular weight excluding hydrogens is 204 g/mol. The van der Waals surface area contributed by atoms with Gasteiger partial charge < -0.3 is 5.11 Å². The van der Waals surface area contributed by atoms with Crippen LogP contribution in [0.4, 0.5) is 0 Å². The van der Waals surface area contributed by atoms with E-state index in [1.165, 1.54) is 0 Å². The van der Waals surface area contributed by atoms with Crippen molar-refractivity contribution in [2.24, 2.45) is 0 Å². The third kappa shape index (κ3) is 6.54. The summed E-state index contributed by atoms with van der Waals surface area (Å²) in [4.78, 5) is 0. The Morgan fingerprint density at radius 2 is 1.15 bits per heavy atom. The van der Waals surface area contributed by atoms with Crippen molar-refractivity contribution in [1.29, 1.82) is 0 Å². The zero-order valence-electron chi connectivity index (χ0n) is 7.20. The second-order valence-electron chi connectivity index (χ2n) is 2.41. The summed E-state index contributed by atoms with van der Waals surface area (Å²) in [5.41, 5.74) is 0. The zero-order valence-corrected chi connectivity index (χ0v) is 8.31. The van der Waals surface area contributed by atoms with Gasteiger partial charge in [0.25, 0.3) is 0 Å². The van der Waals surface area contributed by atoms with Crippen molar-refractivity contribution >= 4 is 0 Å². The first-order chi connectivity index (χ1) is 5.93. The van der Waals surface area contributed by atoms with Gasteiger partial charge in [-0.1, -0.05) is 0 Å². The minimum atomic E-state index is 0. The second-order valence-corrected chi connectivity index (χ2v) is 2.41. The summed E-state index contributed by atoms with van der Waals surface area (Å²) in [6.45, 7) is 0.160. The van der Waals surface area contributed by atoms with Gasteiger partial charge in [0.15, 0.2) is 0 Å². The molecule has 0 atom stereocenters. The molecular formula is C11H12FeO+2. The normalized spacial score (nSPS) is 21.9. The number of aliphatic hydroxyl groups is 1. The Morgan fingerprint density at radius 1 is 0.769 bits per heavy atom. The Kier molecular flexibility index (Phi) is 9.38. The van der Waals surface area contributed by atoms with Crippen molar-refractivity contribution in [3.05, 3.63) is 63.7 Å². The maximum absolute atomic E-state index is 8.43. The standard InChI is InChI=1S/C6H7O.C5H5.Fe/c7-5-6-3-1-2-4-6;1-2-4-5-3-1;/h1-4,7H,5H2;1-5H;/q;;+2. The van der Waals surface area contributed by atoms with Gasteiger partial charge in [-0.3, -0.25) is 0 Å². The van der Waals surface area contributed by atoms with Crippen LogP contribution in [0.15, 0.2) is 0 Å². The van der Waals surface area contributed by atoms with Crippen LogP contribution in [0.3, 0.4) is 0 Å². The van der Waals surface area contributed by atoms with E-state index in [0.29, 0.717) is 0 Å². The van der Waals surface area contributed by atoms with E-state index in [2.05, 4.69) is 0 Å². The van der Waals surface area contributed by atoms with Crippen LogP contribution < -0.4 is 0 Å². The van der Waals surface area contributed by atoms with Crippen molar-refractivity contribution in [3.8, 4) is 0 Å². The van der Waals surface area contributed by atoms with Gasteiger partial charge in [-0.15, -0.1) is 0 Å². The molecule has 0 spiro atoms. The average Bonchev–Trinajstić information content (AvgIpc) is 2.81. The number of rotatable bonds is 1. The minimum absolute atomic E-state index is 0. The van der Waals surface area contributed by atoms with Crippen LogP contribution in [-0.2, 0) is 17.1 Å². The summed E-state index contributed by atoms with van der Waals surface area (Å²) in [5.74, 6) is 0.986. The van der Waals surface area contributed by atoms with Crippen LogP contribution >= 0.6 is 0 Å². The van der Waals surface area contributed by atoms with E-state index in [0.717, 1.165) is 5.92 Å². The Hall–Kier alpha value is 0.479. The van der Waals surface area contributed by atoms with Gasteiger partial charge in [0, 0.05) is 12.5 Å². The molecule has 68 valence electrons. The molecule has 0 amide bonds. The molecule has 0 aromatic rings. The monoisotopic (exact) mass is 216 g/mol. The maximum Gasteiger partial charge on any atom is 2.00 e. The van der Waals surface area contributed by atoms with Crippen molar-refractivity contribution in [1.82, 2.24) is 0 Å². The molecule has 0 aromatic heterocycles.